The van der Waals surface area contributed by atoms with E-state index >= 15 is 0 Å². The van der Waals surface area contributed by atoms with Gasteiger partial charge < -0.3 is 20.2 Å². The number of fused-ring (bicyclic) bond motifs is 1. The average Bonchev–Trinajstić information content (AvgIpc) is 3.87. The van der Waals surface area contributed by atoms with Crippen molar-refractivity contribution < 1.29 is 24.0 Å². The van der Waals surface area contributed by atoms with Gasteiger partial charge in [0, 0.05) is 21.8 Å². The van der Waals surface area contributed by atoms with Gasteiger partial charge in [0.1, 0.15) is 40.7 Å². The number of carbonyl (C=O) groups is 3. The second-order valence-corrected chi connectivity index (χ2v) is 18.6. The van der Waals surface area contributed by atoms with E-state index in [-0.39, 0.29) is 17.1 Å². The molecule has 4 heterocycles. The molecular formula is C42H41N7O5S4. The van der Waals surface area contributed by atoms with Gasteiger partial charge in [-0.25, -0.2) is 9.78 Å². The molecule has 5 aromatic rings. The molecule has 298 valence electrons. The molecule has 1 saturated heterocycles. The lowest BCUT2D eigenvalue weighted by Gasteiger charge is -2.50. The zero-order valence-electron chi connectivity index (χ0n) is 32.4. The molecule has 2 aliphatic heterocycles. The zero-order valence-corrected chi connectivity index (χ0v) is 35.6. The van der Waals surface area contributed by atoms with Crippen LogP contribution < -0.4 is 10.6 Å². The molecule has 2 aliphatic rings. The number of carbonyl (C=O) groups excluding carboxylic acids is 3. The fourth-order valence-corrected chi connectivity index (χ4v) is 10.3. The van der Waals surface area contributed by atoms with Crippen molar-refractivity contribution in [2.75, 3.05) is 23.9 Å². The molecule has 0 spiro atoms. The molecule has 1 fully saturated rings. The lowest BCUT2D eigenvalue weighted by molar-refractivity contribution is -0.160. The van der Waals surface area contributed by atoms with E-state index in [1.165, 1.54) is 58.2 Å². The SMILES string of the molecule is CON=C(C(=O)N[C@@H]1C(=O)N2C(C(=O)OC(C)(C)C)=C(/C=C/CSc3nnc(C)s3)SC[C@H]12)c1csc(NC(c2ccccc2)(c2ccccc2)c2ccccc2)n1. The smallest absolute Gasteiger partial charge is 0.356 e. The van der Waals surface area contributed by atoms with Gasteiger partial charge in [-0.15, -0.1) is 33.3 Å². The number of hydrogen-bond donors (Lipinski definition) is 2. The number of anilines is 1. The Balaban J connectivity index is 1.12. The number of rotatable bonds is 14. The van der Waals surface area contributed by atoms with Gasteiger partial charge in [0.2, 0.25) is 0 Å². The summed E-state index contributed by atoms with van der Waals surface area (Å²) in [7, 11) is 1.35. The van der Waals surface area contributed by atoms with Gasteiger partial charge in [-0.3, -0.25) is 14.5 Å². The molecule has 2 amide bonds. The molecule has 7 rings (SSSR count). The van der Waals surface area contributed by atoms with Gasteiger partial charge in [-0.05, 0) is 50.5 Å². The van der Waals surface area contributed by atoms with Crippen molar-refractivity contribution in [3.05, 3.63) is 147 Å². The number of amides is 2. The van der Waals surface area contributed by atoms with Crippen LogP contribution in [0.2, 0.25) is 0 Å². The molecule has 12 nitrogen and oxygen atoms in total. The van der Waals surface area contributed by atoms with Crippen LogP contribution in [0.1, 0.15) is 48.2 Å². The summed E-state index contributed by atoms with van der Waals surface area (Å²) in [5.41, 5.74) is 1.66. The molecule has 2 atom stereocenters. The molecule has 58 heavy (non-hydrogen) atoms. The van der Waals surface area contributed by atoms with Crippen molar-refractivity contribution in [2.45, 2.75) is 55.3 Å². The highest BCUT2D eigenvalue weighted by atomic mass is 32.2. The number of ether oxygens (including phenoxy) is 1. The van der Waals surface area contributed by atoms with Crippen molar-refractivity contribution in [1.29, 1.82) is 0 Å². The van der Waals surface area contributed by atoms with E-state index in [9.17, 15) is 14.4 Å². The minimum Gasteiger partial charge on any atom is -0.455 e. The minimum atomic E-state index is -0.917. The Hall–Kier alpha value is -5.29. The first-order chi connectivity index (χ1) is 28.0. The van der Waals surface area contributed by atoms with E-state index in [4.69, 9.17) is 14.6 Å². The van der Waals surface area contributed by atoms with E-state index in [1.807, 2.05) is 73.7 Å². The van der Waals surface area contributed by atoms with Gasteiger partial charge in [-0.2, -0.15) is 0 Å². The Bertz CT molecular complexity index is 2260. The maximum Gasteiger partial charge on any atom is 0.356 e. The Labute approximate surface area is 353 Å². The number of aryl methyl sites for hydroxylation is 1. The molecule has 3 aromatic carbocycles. The van der Waals surface area contributed by atoms with Crippen LogP contribution in [0.15, 0.2) is 129 Å². The number of thioether (sulfide) groups is 2. The third kappa shape index (κ3) is 8.74. The molecule has 0 unspecified atom stereocenters. The number of benzene rings is 3. The van der Waals surface area contributed by atoms with Gasteiger partial charge >= 0.3 is 5.97 Å². The van der Waals surface area contributed by atoms with Crippen LogP contribution in [0.3, 0.4) is 0 Å². The van der Waals surface area contributed by atoms with Crippen LogP contribution in [0, 0.1) is 6.92 Å². The highest BCUT2D eigenvalue weighted by Crippen LogP contribution is 2.42. The van der Waals surface area contributed by atoms with Crippen LogP contribution in [0.25, 0.3) is 0 Å². The largest absolute Gasteiger partial charge is 0.455 e. The summed E-state index contributed by atoms with van der Waals surface area (Å²) in [6.45, 7) is 7.23. The lowest BCUT2D eigenvalue weighted by Crippen LogP contribution is -2.73. The highest BCUT2D eigenvalue weighted by molar-refractivity contribution is 8.03. The van der Waals surface area contributed by atoms with Crippen LogP contribution in [-0.2, 0) is 29.5 Å². The fraction of sp³-hybridized carbons (Fsp3) is 0.262. The number of aromatic nitrogens is 3. The summed E-state index contributed by atoms with van der Waals surface area (Å²) in [5.74, 6) is -0.651. The van der Waals surface area contributed by atoms with Crippen LogP contribution >= 0.6 is 46.2 Å². The second kappa shape index (κ2) is 17.7. The second-order valence-electron chi connectivity index (χ2n) is 14.2. The van der Waals surface area contributed by atoms with Crippen molar-refractivity contribution >= 4 is 74.8 Å². The molecule has 2 aromatic heterocycles. The van der Waals surface area contributed by atoms with Crippen LogP contribution in [-0.4, -0.2) is 79.9 Å². The first-order valence-corrected chi connectivity index (χ1v) is 22.0. The van der Waals surface area contributed by atoms with Gasteiger partial charge in [0.15, 0.2) is 15.2 Å². The number of esters is 1. The predicted octanol–water partition coefficient (Wildman–Crippen LogP) is 7.40. The van der Waals surface area contributed by atoms with Gasteiger partial charge in [-0.1, -0.05) is 125 Å². The zero-order chi connectivity index (χ0) is 40.9. The highest BCUT2D eigenvalue weighted by Gasteiger charge is 2.54. The third-order valence-electron chi connectivity index (χ3n) is 9.12. The quantitative estimate of drug-likeness (QED) is 0.0288. The number of allylic oxidation sites excluding steroid dienone is 1. The van der Waals surface area contributed by atoms with Crippen molar-refractivity contribution in [3.8, 4) is 0 Å². The predicted molar refractivity (Wildman–Crippen MR) is 231 cm³/mol. The van der Waals surface area contributed by atoms with E-state index in [0.29, 0.717) is 21.5 Å². The van der Waals surface area contributed by atoms with Crippen molar-refractivity contribution in [1.82, 2.24) is 25.4 Å². The Morgan fingerprint density at radius 1 is 0.966 bits per heavy atom. The Morgan fingerprint density at radius 3 is 2.14 bits per heavy atom. The number of hydrogen-bond acceptors (Lipinski definition) is 14. The number of thiazole rings is 1. The van der Waals surface area contributed by atoms with Crippen LogP contribution in [0.5, 0.6) is 0 Å². The number of nitrogens with one attached hydrogen (secondary N) is 2. The maximum atomic E-state index is 14.0. The van der Waals surface area contributed by atoms with E-state index in [1.54, 1.807) is 26.2 Å². The third-order valence-corrected chi connectivity index (χ3v) is 13.0. The normalized spacial score (nSPS) is 17.2. The Kier molecular flexibility index (Phi) is 12.5. The lowest BCUT2D eigenvalue weighted by atomic mass is 9.77. The van der Waals surface area contributed by atoms with Gasteiger partial charge in [0.25, 0.3) is 11.8 Å². The number of β-lactam (4-membered cyclic amide) rings is 1. The summed E-state index contributed by atoms with van der Waals surface area (Å²) in [6.07, 6.45) is 3.76. The van der Waals surface area contributed by atoms with E-state index in [0.717, 1.165) is 26.0 Å². The summed E-state index contributed by atoms with van der Waals surface area (Å²) >= 11 is 5.79. The molecule has 16 heteroatoms. The topological polar surface area (TPSA) is 148 Å². The molecule has 2 N–H and O–H groups in total. The molecule has 0 aliphatic carbocycles. The van der Waals surface area contributed by atoms with Crippen LogP contribution in [0.4, 0.5) is 5.13 Å². The molecule has 0 bridgehead atoms. The monoisotopic (exact) mass is 851 g/mol. The average molecular weight is 852 g/mol. The summed E-state index contributed by atoms with van der Waals surface area (Å²) in [4.78, 5) is 53.5. The molecule has 0 saturated carbocycles. The summed E-state index contributed by atoms with van der Waals surface area (Å²) in [6, 6.07) is 28.9. The van der Waals surface area contributed by atoms with Crippen molar-refractivity contribution in [3.63, 3.8) is 0 Å². The first-order valence-electron chi connectivity index (χ1n) is 18.3. The Morgan fingerprint density at radius 2 is 1.59 bits per heavy atom. The fourth-order valence-electron chi connectivity index (χ4n) is 6.66. The van der Waals surface area contributed by atoms with Crippen molar-refractivity contribution in [2.24, 2.45) is 5.16 Å². The van der Waals surface area contributed by atoms with Gasteiger partial charge in [0.05, 0.1) is 6.04 Å². The van der Waals surface area contributed by atoms with E-state index in [2.05, 4.69) is 62.4 Å². The minimum absolute atomic E-state index is 0.0964. The number of oxime groups is 1. The molecule has 0 radical (unpaired) electrons. The standard InChI is InChI=1S/C42H41N7O5S4/c1-26-46-47-40(58-26)55-23-15-22-32-35(38(52)54-41(2,3)4)49-31(25-56-32)34(37(49)51)44-36(50)33(48-53-5)30-24-57-39(43-30)45-42(27-16-9-6-10-17-27,28-18-11-7-12-19-28)29-20-13-8-14-21-29/h6-22,24,31,34H,23,25H2,1-5H3,(H,43,45)(H,44,50)/b22-15+,48-33?/t31-,34+/m1/s1. The molecular weight excluding hydrogens is 811 g/mol. The van der Waals surface area contributed by atoms with E-state index < -0.39 is 41.0 Å². The first kappa shape index (κ1) is 40.9. The summed E-state index contributed by atoms with van der Waals surface area (Å²) in [5, 5.41) is 22.0. The summed E-state index contributed by atoms with van der Waals surface area (Å²) < 4.78 is 6.60. The maximum absolute atomic E-state index is 14.0. The number of nitrogens with zero attached hydrogens (tertiary/aromatic N) is 5.